The summed E-state index contributed by atoms with van der Waals surface area (Å²) in [5.74, 6) is 0.228. The number of pyridine rings is 1. The number of carbonyl (C=O) groups excluding carboxylic acids is 1. The number of aromatic amines is 1. The second-order valence-electron chi connectivity index (χ2n) is 7.52. The van der Waals surface area contributed by atoms with Crippen LogP contribution in [0.15, 0.2) is 11.1 Å². The summed E-state index contributed by atoms with van der Waals surface area (Å²) >= 11 is 1.19. The van der Waals surface area contributed by atoms with E-state index in [-0.39, 0.29) is 34.0 Å². The van der Waals surface area contributed by atoms with E-state index >= 15 is 0 Å². The molecule has 6 nitrogen and oxygen atoms in total. The van der Waals surface area contributed by atoms with Gasteiger partial charge in [-0.3, -0.25) is 10.5 Å². The first-order valence-electron chi connectivity index (χ1n) is 7.57. The molecule has 1 aromatic rings. The fourth-order valence-corrected chi connectivity index (χ4v) is 3.55. The van der Waals surface area contributed by atoms with Gasteiger partial charge in [-0.15, -0.1) is 0 Å². The van der Waals surface area contributed by atoms with Gasteiger partial charge in [0.05, 0.1) is 5.75 Å². The lowest BCUT2D eigenvalue weighted by molar-refractivity contribution is -0.410. The number of thioether (sulfide) groups is 1. The molecule has 1 heterocycles. The molecule has 0 aliphatic heterocycles. The number of anilines is 1. The SMILES string of the molecule is CC(C)(C)CC(C)(C)NC(=O)CSc1[nH+]c(N)c(C#N)cc1C#N. The maximum atomic E-state index is 12.2. The standard InChI is InChI=1S/C17H23N5OS/c1-16(2,3)10-17(4,5)22-13(23)9-24-15-12(8-19)6-11(7-18)14(20)21-15/h6H,9-10H2,1-5H3,(H2,20,21)(H,22,23)/p+1. The van der Waals surface area contributed by atoms with Crippen LogP contribution in [0.4, 0.5) is 5.82 Å². The zero-order valence-electron chi connectivity index (χ0n) is 14.8. The summed E-state index contributed by atoms with van der Waals surface area (Å²) in [5.41, 5.74) is 6.03. The summed E-state index contributed by atoms with van der Waals surface area (Å²) in [6.45, 7) is 10.4. The Kier molecular flexibility index (Phi) is 6.22. The van der Waals surface area contributed by atoms with Crippen LogP contribution in [0.2, 0.25) is 0 Å². The van der Waals surface area contributed by atoms with Crippen LogP contribution in [0.1, 0.15) is 52.2 Å². The van der Waals surface area contributed by atoms with E-state index in [4.69, 9.17) is 11.0 Å². The fraction of sp³-hybridized carbons (Fsp3) is 0.529. The lowest BCUT2D eigenvalue weighted by Gasteiger charge is -2.33. The minimum atomic E-state index is -0.318. The molecule has 1 amide bonds. The van der Waals surface area contributed by atoms with Crippen molar-refractivity contribution in [3.05, 3.63) is 17.2 Å². The molecule has 4 N–H and O–H groups in total. The van der Waals surface area contributed by atoms with Crippen molar-refractivity contribution in [2.45, 2.75) is 51.6 Å². The lowest BCUT2D eigenvalue weighted by atomic mass is 9.82. The summed E-state index contributed by atoms with van der Waals surface area (Å²) in [7, 11) is 0. The first-order valence-corrected chi connectivity index (χ1v) is 8.56. The second-order valence-corrected chi connectivity index (χ2v) is 8.51. The predicted molar refractivity (Wildman–Crippen MR) is 93.9 cm³/mol. The number of hydrogen-bond donors (Lipinski definition) is 2. The first kappa shape index (κ1) is 19.8. The van der Waals surface area contributed by atoms with Gasteiger partial charge in [-0.1, -0.05) is 32.5 Å². The van der Waals surface area contributed by atoms with Gasteiger partial charge in [-0.25, -0.2) is 4.98 Å². The highest BCUT2D eigenvalue weighted by Crippen LogP contribution is 2.27. The third-order valence-electron chi connectivity index (χ3n) is 3.11. The molecule has 0 spiro atoms. The number of nitrogens with zero attached hydrogens (tertiary/aromatic N) is 2. The highest BCUT2D eigenvalue weighted by Gasteiger charge is 2.27. The van der Waals surface area contributed by atoms with Crippen molar-refractivity contribution in [3.63, 3.8) is 0 Å². The Morgan fingerprint density at radius 2 is 1.83 bits per heavy atom. The second kappa shape index (κ2) is 7.55. The van der Waals surface area contributed by atoms with Crippen molar-refractivity contribution in [1.29, 1.82) is 10.5 Å². The maximum Gasteiger partial charge on any atom is 0.289 e. The minimum absolute atomic E-state index is 0.104. The Balaban J connectivity index is 2.77. The average molecular weight is 346 g/mol. The quantitative estimate of drug-likeness (QED) is 0.793. The highest BCUT2D eigenvalue weighted by atomic mass is 32.2. The normalized spacial score (nSPS) is 11.5. The molecule has 0 unspecified atom stereocenters. The molecular formula is C17H24N5OS+. The van der Waals surface area contributed by atoms with Gasteiger partial charge in [0.15, 0.2) is 5.03 Å². The third-order valence-corrected chi connectivity index (χ3v) is 4.13. The number of nitrogens with two attached hydrogens (primary N) is 1. The Labute approximate surface area is 147 Å². The van der Waals surface area contributed by atoms with Gasteiger partial charge in [0, 0.05) is 5.54 Å². The van der Waals surface area contributed by atoms with Crippen LogP contribution < -0.4 is 16.0 Å². The monoisotopic (exact) mass is 346 g/mol. The molecular weight excluding hydrogens is 322 g/mol. The number of hydrogen-bond acceptors (Lipinski definition) is 5. The van der Waals surface area contributed by atoms with Gasteiger partial charge in [0.1, 0.15) is 23.3 Å². The number of nitrogens with one attached hydrogen (secondary N) is 2. The van der Waals surface area contributed by atoms with Gasteiger partial charge in [0.2, 0.25) is 5.91 Å². The van der Waals surface area contributed by atoms with E-state index in [1.807, 2.05) is 26.0 Å². The minimum Gasteiger partial charge on any atom is -0.350 e. The first-order chi connectivity index (χ1) is 11.0. The number of aromatic nitrogens is 1. The van der Waals surface area contributed by atoms with Crippen LogP contribution in [0.25, 0.3) is 0 Å². The van der Waals surface area contributed by atoms with E-state index in [2.05, 4.69) is 31.1 Å². The van der Waals surface area contributed by atoms with Crippen molar-refractivity contribution >= 4 is 23.5 Å². The Bertz CT molecular complexity index is 707. The number of H-pyrrole nitrogens is 1. The molecule has 0 fully saturated rings. The van der Waals surface area contributed by atoms with E-state index in [9.17, 15) is 10.1 Å². The van der Waals surface area contributed by atoms with Crippen LogP contribution in [-0.4, -0.2) is 17.2 Å². The Morgan fingerprint density at radius 1 is 1.25 bits per heavy atom. The number of amides is 1. The van der Waals surface area contributed by atoms with Crippen LogP contribution in [0.3, 0.4) is 0 Å². The van der Waals surface area contributed by atoms with Crippen LogP contribution in [0, 0.1) is 28.1 Å². The zero-order chi connectivity index (χ0) is 18.5. The summed E-state index contributed by atoms with van der Waals surface area (Å²) in [6, 6.07) is 5.36. The van der Waals surface area contributed by atoms with Crippen LogP contribution >= 0.6 is 11.8 Å². The molecule has 1 aromatic heterocycles. The Hall–Kier alpha value is -2.25. The number of nitriles is 2. The van der Waals surface area contributed by atoms with Crippen molar-refractivity contribution in [2.24, 2.45) is 5.41 Å². The van der Waals surface area contributed by atoms with E-state index in [1.165, 1.54) is 17.8 Å². The summed E-state index contributed by atoms with van der Waals surface area (Å²) < 4.78 is 0. The van der Waals surface area contributed by atoms with Gasteiger partial charge in [0.25, 0.3) is 5.82 Å². The summed E-state index contributed by atoms with van der Waals surface area (Å²) in [4.78, 5) is 15.0. The van der Waals surface area contributed by atoms with E-state index in [1.54, 1.807) is 0 Å². The van der Waals surface area contributed by atoms with Gasteiger partial charge < -0.3 is 5.32 Å². The molecule has 0 aromatic carbocycles. The summed E-state index contributed by atoms with van der Waals surface area (Å²) in [5, 5.41) is 21.6. The lowest BCUT2D eigenvalue weighted by Crippen LogP contribution is -2.46. The number of carbonyl (C=O) groups is 1. The molecule has 0 saturated carbocycles. The average Bonchev–Trinajstić information content (AvgIpc) is 2.41. The molecule has 1 rings (SSSR count). The molecule has 0 radical (unpaired) electrons. The summed E-state index contributed by atoms with van der Waals surface area (Å²) in [6.07, 6.45) is 0.843. The molecule has 128 valence electrons. The zero-order valence-corrected chi connectivity index (χ0v) is 15.6. The van der Waals surface area contributed by atoms with E-state index in [0.29, 0.717) is 10.6 Å². The molecule has 0 aliphatic carbocycles. The van der Waals surface area contributed by atoms with Crippen LogP contribution in [0.5, 0.6) is 0 Å². The molecule has 0 atom stereocenters. The van der Waals surface area contributed by atoms with Gasteiger partial charge in [-0.2, -0.15) is 10.5 Å². The molecule has 0 aliphatic rings. The van der Waals surface area contributed by atoms with Crippen LogP contribution in [-0.2, 0) is 4.79 Å². The van der Waals surface area contributed by atoms with Crippen molar-refractivity contribution < 1.29 is 9.78 Å². The van der Waals surface area contributed by atoms with Gasteiger partial charge in [-0.05, 0) is 31.7 Å². The topological polar surface area (TPSA) is 117 Å². The largest absolute Gasteiger partial charge is 0.350 e. The Morgan fingerprint density at radius 3 is 2.33 bits per heavy atom. The molecule has 0 saturated heterocycles. The van der Waals surface area contributed by atoms with Crippen molar-refractivity contribution in [3.8, 4) is 12.1 Å². The molecule has 24 heavy (non-hydrogen) atoms. The fourth-order valence-electron chi connectivity index (χ4n) is 2.76. The van der Waals surface area contributed by atoms with Gasteiger partial charge >= 0.3 is 0 Å². The maximum absolute atomic E-state index is 12.2. The van der Waals surface area contributed by atoms with Crippen molar-refractivity contribution in [2.75, 3.05) is 11.5 Å². The molecule has 7 heteroatoms. The van der Waals surface area contributed by atoms with Crippen molar-refractivity contribution in [1.82, 2.24) is 5.32 Å². The van der Waals surface area contributed by atoms with E-state index in [0.717, 1.165) is 6.42 Å². The molecule has 0 bridgehead atoms. The smallest absolute Gasteiger partial charge is 0.289 e. The number of nitrogen functional groups attached to an aromatic ring is 1. The number of rotatable bonds is 5. The highest BCUT2D eigenvalue weighted by molar-refractivity contribution is 7.99. The van der Waals surface area contributed by atoms with E-state index < -0.39 is 0 Å². The third kappa shape index (κ3) is 6.10. The predicted octanol–water partition coefficient (Wildman–Crippen LogP) is 2.25.